The lowest BCUT2D eigenvalue weighted by atomic mass is 9.88. The second-order valence-electron chi connectivity index (χ2n) is 5.02. The first kappa shape index (κ1) is 13.3. The van der Waals surface area contributed by atoms with E-state index in [0.717, 1.165) is 12.0 Å². The maximum atomic E-state index is 11.9. The third kappa shape index (κ3) is 3.44. The van der Waals surface area contributed by atoms with E-state index < -0.39 is 0 Å². The Morgan fingerprint density at radius 3 is 2.42 bits per heavy atom. The van der Waals surface area contributed by atoms with Crippen LogP contribution in [0.3, 0.4) is 0 Å². The van der Waals surface area contributed by atoms with Gasteiger partial charge < -0.3 is 5.73 Å². The zero-order valence-electron chi connectivity index (χ0n) is 11.4. The topological polar surface area (TPSA) is 43.1 Å². The van der Waals surface area contributed by atoms with Gasteiger partial charge in [0.15, 0.2) is 0 Å². The highest BCUT2D eigenvalue weighted by molar-refractivity contribution is 5.84. The van der Waals surface area contributed by atoms with Crippen molar-refractivity contribution in [1.29, 1.82) is 0 Å². The predicted octanol–water partition coefficient (Wildman–Crippen LogP) is 3.49. The van der Waals surface area contributed by atoms with E-state index in [2.05, 4.69) is 31.2 Å². The molecule has 0 aliphatic carbocycles. The van der Waals surface area contributed by atoms with Gasteiger partial charge in [-0.15, -0.1) is 0 Å². The lowest BCUT2D eigenvalue weighted by molar-refractivity contribution is -0.118. The molecule has 0 aliphatic rings. The molecule has 19 heavy (non-hydrogen) atoms. The average molecular weight is 253 g/mol. The van der Waals surface area contributed by atoms with Crippen molar-refractivity contribution in [2.45, 2.75) is 26.2 Å². The number of rotatable bonds is 4. The molecule has 0 spiro atoms. The monoisotopic (exact) mass is 253 g/mol. The number of hydrogen-bond donors (Lipinski definition) is 1. The minimum atomic E-state index is -0.119. The van der Waals surface area contributed by atoms with Crippen LogP contribution in [0.2, 0.25) is 0 Å². The Balaban J connectivity index is 2.26. The van der Waals surface area contributed by atoms with Gasteiger partial charge in [0.05, 0.1) is 0 Å². The highest BCUT2D eigenvalue weighted by Gasteiger charge is 2.17. The molecule has 0 saturated carbocycles. The van der Waals surface area contributed by atoms with Gasteiger partial charge in [-0.3, -0.25) is 4.79 Å². The molecule has 0 bridgehead atoms. The Labute approximate surface area is 114 Å². The van der Waals surface area contributed by atoms with Crippen LogP contribution in [-0.2, 0) is 11.2 Å². The van der Waals surface area contributed by atoms with Crippen molar-refractivity contribution >= 4 is 11.5 Å². The van der Waals surface area contributed by atoms with E-state index in [0.29, 0.717) is 5.69 Å². The lowest BCUT2D eigenvalue weighted by Crippen LogP contribution is -2.12. The van der Waals surface area contributed by atoms with Crippen LogP contribution in [0.25, 0.3) is 0 Å². The first-order valence-electron chi connectivity index (χ1n) is 6.47. The molecule has 0 aliphatic heterocycles. The van der Waals surface area contributed by atoms with Crippen LogP contribution in [0.1, 0.15) is 29.5 Å². The molecule has 0 heterocycles. The summed E-state index contributed by atoms with van der Waals surface area (Å²) in [5, 5.41) is 0. The van der Waals surface area contributed by atoms with Crippen molar-refractivity contribution < 1.29 is 4.79 Å². The summed E-state index contributed by atoms with van der Waals surface area (Å²) in [6, 6.07) is 15.9. The zero-order valence-corrected chi connectivity index (χ0v) is 11.4. The Hall–Kier alpha value is -2.09. The lowest BCUT2D eigenvalue weighted by Gasteiger charge is -2.15. The number of carbonyl (C=O) groups excluding carboxylic acids is 1. The Morgan fingerprint density at radius 1 is 1.16 bits per heavy atom. The molecule has 2 aromatic rings. The Bertz CT molecular complexity index is 572. The summed E-state index contributed by atoms with van der Waals surface area (Å²) in [7, 11) is 0. The molecule has 2 rings (SSSR count). The number of nitrogen functional groups attached to an aromatic ring is 1. The van der Waals surface area contributed by atoms with E-state index in [1.54, 1.807) is 6.92 Å². The van der Waals surface area contributed by atoms with Gasteiger partial charge in [0.2, 0.25) is 0 Å². The Morgan fingerprint density at radius 2 is 1.84 bits per heavy atom. The maximum absolute atomic E-state index is 11.9. The molecule has 98 valence electrons. The Kier molecular flexibility index (Phi) is 4.00. The summed E-state index contributed by atoms with van der Waals surface area (Å²) in [6.07, 6.45) is 0.721. The van der Waals surface area contributed by atoms with Gasteiger partial charge >= 0.3 is 0 Å². The fourth-order valence-corrected chi connectivity index (χ4v) is 2.23. The SMILES string of the molecule is CC(=O)C(Cc1ccc(C)cc1)c1cccc(N)c1. The maximum Gasteiger partial charge on any atom is 0.137 e. The number of benzene rings is 2. The van der Waals surface area contributed by atoms with E-state index >= 15 is 0 Å². The van der Waals surface area contributed by atoms with Crippen LogP contribution in [0.15, 0.2) is 48.5 Å². The summed E-state index contributed by atoms with van der Waals surface area (Å²) < 4.78 is 0. The molecule has 1 atom stereocenters. The summed E-state index contributed by atoms with van der Waals surface area (Å²) in [5.41, 5.74) is 9.90. The molecule has 0 amide bonds. The third-order valence-electron chi connectivity index (χ3n) is 3.36. The molecule has 2 N–H and O–H groups in total. The van der Waals surface area contributed by atoms with Crippen molar-refractivity contribution in [3.63, 3.8) is 0 Å². The van der Waals surface area contributed by atoms with Crippen molar-refractivity contribution in [2.75, 3.05) is 5.73 Å². The van der Waals surface area contributed by atoms with Crippen molar-refractivity contribution in [1.82, 2.24) is 0 Å². The highest BCUT2D eigenvalue weighted by atomic mass is 16.1. The zero-order chi connectivity index (χ0) is 13.8. The smallest absolute Gasteiger partial charge is 0.137 e. The number of ketones is 1. The predicted molar refractivity (Wildman–Crippen MR) is 79.2 cm³/mol. The number of aryl methyl sites for hydroxylation is 1. The molecule has 2 aromatic carbocycles. The van der Waals surface area contributed by atoms with E-state index in [9.17, 15) is 4.79 Å². The minimum absolute atomic E-state index is 0.119. The van der Waals surface area contributed by atoms with Crippen molar-refractivity contribution in [2.24, 2.45) is 0 Å². The molecule has 2 nitrogen and oxygen atoms in total. The van der Waals surface area contributed by atoms with Gasteiger partial charge in [0.1, 0.15) is 5.78 Å². The second-order valence-corrected chi connectivity index (χ2v) is 5.02. The van der Waals surface area contributed by atoms with Gasteiger partial charge in [-0.2, -0.15) is 0 Å². The largest absolute Gasteiger partial charge is 0.399 e. The van der Waals surface area contributed by atoms with E-state index in [-0.39, 0.29) is 11.7 Å². The van der Waals surface area contributed by atoms with Crippen molar-refractivity contribution in [3.05, 3.63) is 65.2 Å². The van der Waals surface area contributed by atoms with Crippen LogP contribution in [0.4, 0.5) is 5.69 Å². The third-order valence-corrected chi connectivity index (χ3v) is 3.36. The van der Waals surface area contributed by atoms with Gasteiger partial charge in [0.25, 0.3) is 0 Å². The fraction of sp³-hybridized carbons (Fsp3) is 0.235. The molecular weight excluding hydrogens is 234 g/mol. The highest BCUT2D eigenvalue weighted by Crippen LogP contribution is 2.23. The number of anilines is 1. The second kappa shape index (κ2) is 5.70. The summed E-state index contributed by atoms with van der Waals surface area (Å²) in [5.74, 6) is 0.0531. The van der Waals surface area contributed by atoms with E-state index in [4.69, 9.17) is 5.73 Å². The molecule has 0 aromatic heterocycles. The first-order chi connectivity index (χ1) is 9.06. The molecule has 2 heteroatoms. The van der Waals surface area contributed by atoms with Gasteiger partial charge in [-0.25, -0.2) is 0 Å². The van der Waals surface area contributed by atoms with Crippen molar-refractivity contribution in [3.8, 4) is 0 Å². The van der Waals surface area contributed by atoms with E-state index in [1.807, 2.05) is 24.3 Å². The van der Waals surface area contributed by atoms with Crippen LogP contribution >= 0.6 is 0 Å². The molecule has 1 unspecified atom stereocenters. The molecule has 0 saturated heterocycles. The quantitative estimate of drug-likeness (QED) is 0.847. The standard InChI is InChI=1S/C17H19NO/c1-12-6-8-14(9-7-12)10-17(13(2)19)15-4-3-5-16(18)11-15/h3-9,11,17H,10,18H2,1-2H3. The molecule has 0 radical (unpaired) electrons. The summed E-state index contributed by atoms with van der Waals surface area (Å²) in [4.78, 5) is 11.9. The molecule has 0 fully saturated rings. The summed E-state index contributed by atoms with van der Waals surface area (Å²) >= 11 is 0. The van der Waals surface area contributed by atoms with Crippen LogP contribution < -0.4 is 5.73 Å². The minimum Gasteiger partial charge on any atom is -0.399 e. The van der Waals surface area contributed by atoms with E-state index in [1.165, 1.54) is 11.1 Å². The van der Waals surface area contributed by atoms with Gasteiger partial charge in [-0.1, -0.05) is 42.0 Å². The van der Waals surface area contributed by atoms with Crippen LogP contribution in [0, 0.1) is 6.92 Å². The fourth-order valence-electron chi connectivity index (χ4n) is 2.23. The average Bonchev–Trinajstić information content (AvgIpc) is 2.37. The number of nitrogens with two attached hydrogens (primary N) is 1. The number of hydrogen-bond acceptors (Lipinski definition) is 2. The van der Waals surface area contributed by atoms with Crippen LogP contribution in [0.5, 0.6) is 0 Å². The first-order valence-corrected chi connectivity index (χ1v) is 6.47. The van der Waals surface area contributed by atoms with Crippen LogP contribution in [-0.4, -0.2) is 5.78 Å². The summed E-state index contributed by atoms with van der Waals surface area (Å²) in [6.45, 7) is 3.70. The normalized spacial score (nSPS) is 12.1. The van der Waals surface area contributed by atoms with Gasteiger partial charge in [-0.05, 0) is 43.5 Å². The number of carbonyl (C=O) groups is 1. The number of Topliss-reactive ketones (excluding diaryl/α,β-unsaturated/α-hetero) is 1. The molecular formula is C17H19NO. The van der Waals surface area contributed by atoms with Gasteiger partial charge in [0, 0.05) is 11.6 Å².